The van der Waals surface area contributed by atoms with E-state index in [-0.39, 0.29) is 11.9 Å². The van der Waals surface area contributed by atoms with E-state index in [2.05, 4.69) is 15.4 Å². The number of nitrogens with zero attached hydrogens (tertiary/aromatic N) is 3. The van der Waals surface area contributed by atoms with Crippen LogP contribution in [0.1, 0.15) is 35.5 Å². The summed E-state index contributed by atoms with van der Waals surface area (Å²) in [4.78, 5) is 16.7. The zero-order valence-electron chi connectivity index (χ0n) is 13.9. The number of rotatable bonds is 6. The van der Waals surface area contributed by atoms with Crippen molar-refractivity contribution in [2.75, 3.05) is 0 Å². The molecule has 1 aromatic carbocycles. The molecule has 128 valence electrons. The van der Waals surface area contributed by atoms with Crippen molar-refractivity contribution in [3.8, 4) is 5.82 Å². The summed E-state index contributed by atoms with van der Waals surface area (Å²) in [6.07, 6.45) is 3.22. The Balaban J connectivity index is 1.63. The first-order valence-corrected chi connectivity index (χ1v) is 8.14. The van der Waals surface area contributed by atoms with E-state index in [1.54, 1.807) is 41.3 Å². The average molecular weight is 336 g/mol. The van der Waals surface area contributed by atoms with Crippen molar-refractivity contribution in [1.82, 2.24) is 20.1 Å². The first kappa shape index (κ1) is 16.9. The molecular weight excluding hydrogens is 316 g/mol. The Morgan fingerprint density at radius 2 is 1.96 bits per heavy atom. The molecule has 2 atom stereocenters. The summed E-state index contributed by atoms with van der Waals surface area (Å²) in [6, 6.07) is 16.2. The fraction of sp³-hybridized carbons (Fsp3) is 0.211. The van der Waals surface area contributed by atoms with Crippen molar-refractivity contribution in [1.29, 1.82) is 0 Å². The van der Waals surface area contributed by atoms with Gasteiger partial charge >= 0.3 is 0 Å². The van der Waals surface area contributed by atoms with Crippen LogP contribution in [0, 0.1) is 0 Å². The van der Waals surface area contributed by atoms with Gasteiger partial charge in [-0.1, -0.05) is 36.4 Å². The number of aliphatic hydroxyl groups is 1. The van der Waals surface area contributed by atoms with Crippen molar-refractivity contribution in [3.05, 3.63) is 78.2 Å². The number of aromatic nitrogens is 3. The number of hydrogen-bond acceptors (Lipinski definition) is 4. The van der Waals surface area contributed by atoms with E-state index in [1.807, 2.05) is 37.3 Å². The molecule has 3 rings (SSSR count). The van der Waals surface area contributed by atoms with Crippen molar-refractivity contribution < 1.29 is 9.90 Å². The number of benzene rings is 1. The Hall–Kier alpha value is -2.99. The second-order valence-corrected chi connectivity index (χ2v) is 5.87. The topological polar surface area (TPSA) is 80.0 Å². The Kier molecular flexibility index (Phi) is 5.20. The predicted molar refractivity (Wildman–Crippen MR) is 94.3 cm³/mol. The molecule has 1 amide bonds. The highest BCUT2D eigenvalue weighted by Gasteiger charge is 2.16. The Bertz CT molecular complexity index is 818. The van der Waals surface area contributed by atoms with Crippen LogP contribution < -0.4 is 5.32 Å². The van der Waals surface area contributed by atoms with Crippen LogP contribution in [0.4, 0.5) is 0 Å². The van der Waals surface area contributed by atoms with Gasteiger partial charge in [-0.3, -0.25) is 4.79 Å². The fourth-order valence-electron chi connectivity index (χ4n) is 2.58. The summed E-state index contributed by atoms with van der Waals surface area (Å²) >= 11 is 0. The summed E-state index contributed by atoms with van der Waals surface area (Å²) in [6.45, 7) is 1.86. The molecule has 2 N–H and O–H groups in total. The second kappa shape index (κ2) is 7.72. The molecule has 2 aromatic heterocycles. The fourth-order valence-corrected chi connectivity index (χ4v) is 2.58. The largest absolute Gasteiger partial charge is 0.388 e. The number of nitrogens with one attached hydrogen (secondary N) is 1. The predicted octanol–water partition coefficient (Wildman–Crippen LogP) is 2.51. The number of carbonyl (C=O) groups excluding carboxylic acids is 1. The van der Waals surface area contributed by atoms with Gasteiger partial charge in [-0.25, -0.2) is 9.67 Å². The summed E-state index contributed by atoms with van der Waals surface area (Å²) in [5.74, 6) is 0.302. The lowest BCUT2D eigenvalue weighted by molar-refractivity contribution is 0.0912. The van der Waals surface area contributed by atoms with Gasteiger partial charge in [0.2, 0.25) is 0 Å². The van der Waals surface area contributed by atoms with E-state index in [0.717, 1.165) is 5.56 Å². The van der Waals surface area contributed by atoms with Crippen LogP contribution >= 0.6 is 0 Å². The molecule has 3 aromatic rings. The maximum Gasteiger partial charge on any atom is 0.270 e. The maximum atomic E-state index is 12.4. The molecule has 25 heavy (non-hydrogen) atoms. The van der Waals surface area contributed by atoms with Gasteiger partial charge in [0, 0.05) is 18.4 Å². The van der Waals surface area contributed by atoms with Gasteiger partial charge in [-0.2, -0.15) is 5.10 Å². The van der Waals surface area contributed by atoms with E-state index >= 15 is 0 Å². The summed E-state index contributed by atoms with van der Waals surface area (Å²) in [7, 11) is 0. The van der Waals surface area contributed by atoms with Crippen molar-refractivity contribution >= 4 is 5.91 Å². The molecule has 6 heteroatoms. The van der Waals surface area contributed by atoms with Gasteiger partial charge in [-0.15, -0.1) is 0 Å². The molecule has 6 nitrogen and oxygen atoms in total. The van der Waals surface area contributed by atoms with Crippen molar-refractivity contribution in [2.45, 2.75) is 25.5 Å². The zero-order valence-corrected chi connectivity index (χ0v) is 13.9. The monoisotopic (exact) mass is 336 g/mol. The molecule has 0 aliphatic carbocycles. The number of pyridine rings is 1. The van der Waals surface area contributed by atoms with Crippen LogP contribution in [-0.4, -0.2) is 31.8 Å². The third kappa shape index (κ3) is 4.30. The molecule has 0 aliphatic rings. The minimum absolute atomic E-state index is 0.196. The molecule has 0 saturated heterocycles. The lowest BCUT2D eigenvalue weighted by Gasteiger charge is -2.18. The van der Waals surface area contributed by atoms with E-state index < -0.39 is 6.10 Å². The van der Waals surface area contributed by atoms with E-state index in [0.29, 0.717) is 17.9 Å². The molecule has 0 radical (unpaired) electrons. The standard InChI is InChI=1S/C19H20N4O2/c1-14(13-17(24)15-7-3-2-4-8-15)21-19(25)16-9-5-10-18(22-16)23-12-6-11-20-23/h2-12,14,17,24H,13H2,1H3,(H,21,25). The third-order valence-corrected chi connectivity index (χ3v) is 3.84. The summed E-state index contributed by atoms with van der Waals surface area (Å²) < 4.78 is 1.60. The summed E-state index contributed by atoms with van der Waals surface area (Å²) in [5.41, 5.74) is 1.15. The van der Waals surface area contributed by atoms with Gasteiger partial charge in [0.25, 0.3) is 5.91 Å². The SMILES string of the molecule is CC(CC(O)c1ccccc1)NC(=O)c1cccc(-n2cccn2)n1. The van der Waals surface area contributed by atoms with Gasteiger partial charge in [0.1, 0.15) is 5.69 Å². The highest BCUT2D eigenvalue weighted by atomic mass is 16.3. The minimum Gasteiger partial charge on any atom is -0.388 e. The normalized spacial score (nSPS) is 13.2. The Morgan fingerprint density at radius 3 is 2.68 bits per heavy atom. The van der Waals surface area contributed by atoms with E-state index in [4.69, 9.17) is 0 Å². The minimum atomic E-state index is -0.625. The van der Waals surface area contributed by atoms with Gasteiger partial charge in [-0.05, 0) is 37.1 Å². The lowest BCUT2D eigenvalue weighted by Crippen LogP contribution is -2.34. The number of hydrogen-bond donors (Lipinski definition) is 2. The van der Waals surface area contributed by atoms with Crippen LogP contribution in [-0.2, 0) is 0 Å². The van der Waals surface area contributed by atoms with Crippen LogP contribution in [0.2, 0.25) is 0 Å². The third-order valence-electron chi connectivity index (χ3n) is 3.84. The number of amides is 1. The lowest BCUT2D eigenvalue weighted by atomic mass is 10.0. The summed E-state index contributed by atoms with van der Waals surface area (Å²) in [5, 5.41) is 17.3. The van der Waals surface area contributed by atoms with Crippen molar-refractivity contribution in [3.63, 3.8) is 0 Å². The molecule has 0 fully saturated rings. The first-order valence-electron chi connectivity index (χ1n) is 8.14. The quantitative estimate of drug-likeness (QED) is 0.725. The molecular formula is C19H20N4O2. The Labute approximate surface area is 146 Å². The second-order valence-electron chi connectivity index (χ2n) is 5.87. The molecule has 2 unspecified atom stereocenters. The maximum absolute atomic E-state index is 12.4. The van der Waals surface area contributed by atoms with Crippen LogP contribution in [0.25, 0.3) is 5.82 Å². The van der Waals surface area contributed by atoms with Crippen LogP contribution in [0.15, 0.2) is 67.0 Å². The van der Waals surface area contributed by atoms with Gasteiger partial charge in [0.05, 0.1) is 6.10 Å². The smallest absolute Gasteiger partial charge is 0.270 e. The highest BCUT2D eigenvalue weighted by Crippen LogP contribution is 2.17. The highest BCUT2D eigenvalue weighted by molar-refractivity contribution is 5.92. The number of carbonyl (C=O) groups is 1. The molecule has 0 saturated carbocycles. The molecule has 2 heterocycles. The van der Waals surface area contributed by atoms with Gasteiger partial charge in [0.15, 0.2) is 5.82 Å². The van der Waals surface area contributed by atoms with Crippen molar-refractivity contribution in [2.24, 2.45) is 0 Å². The first-order chi connectivity index (χ1) is 12.1. The van der Waals surface area contributed by atoms with Gasteiger partial charge < -0.3 is 10.4 Å². The van der Waals surface area contributed by atoms with E-state index in [1.165, 1.54) is 0 Å². The van der Waals surface area contributed by atoms with Crippen LogP contribution in [0.5, 0.6) is 0 Å². The average Bonchev–Trinajstić information content (AvgIpc) is 3.17. The molecule has 0 aliphatic heterocycles. The number of aliphatic hydroxyl groups excluding tert-OH is 1. The molecule has 0 spiro atoms. The molecule has 0 bridgehead atoms. The Morgan fingerprint density at radius 1 is 1.16 bits per heavy atom. The van der Waals surface area contributed by atoms with E-state index in [9.17, 15) is 9.90 Å². The van der Waals surface area contributed by atoms with Crippen LogP contribution in [0.3, 0.4) is 0 Å². The zero-order chi connectivity index (χ0) is 17.6.